The first-order chi connectivity index (χ1) is 59.8. The smallest absolute Gasteiger partial charge is 0.317 e. The summed E-state index contributed by atoms with van der Waals surface area (Å²) in [4.78, 5) is 156. The molecule has 7 N–H and O–H groups in total. The van der Waals surface area contributed by atoms with Crippen molar-refractivity contribution in [2.75, 3.05) is 135 Å². The van der Waals surface area contributed by atoms with Crippen LogP contribution in [-0.4, -0.2) is 240 Å². The number of fused-ring (bicyclic) bond motifs is 4. The van der Waals surface area contributed by atoms with Crippen molar-refractivity contribution < 1.29 is 61.8 Å². The van der Waals surface area contributed by atoms with Gasteiger partial charge in [-0.2, -0.15) is 0 Å². The number of pyridine rings is 2. The van der Waals surface area contributed by atoms with E-state index >= 15 is 0 Å². The maximum atomic E-state index is 14.1. The summed E-state index contributed by atoms with van der Waals surface area (Å²) in [7, 11) is 0. The van der Waals surface area contributed by atoms with Crippen molar-refractivity contribution >= 4 is 105 Å². The number of piperazine rings is 2. The fourth-order valence-corrected chi connectivity index (χ4v) is 17.4. The number of anilines is 6. The number of imide groups is 3. The van der Waals surface area contributed by atoms with Gasteiger partial charge >= 0.3 is 5.97 Å². The van der Waals surface area contributed by atoms with Crippen LogP contribution in [0.3, 0.4) is 0 Å². The van der Waals surface area contributed by atoms with Crippen molar-refractivity contribution in [2.45, 2.75) is 108 Å². The average molecular weight is 1670 g/mol. The molecule has 4 aromatic carbocycles. The second kappa shape index (κ2) is 37.3. The highest BCUT2D eigenvalue weighted by Gasteiger charge is 2.47. The van der Waals surface area contributed by atoms with Gasteiger partial charge in [-0.25, -0.2) is 37.7 Å². The summed E-state index contributed by atoms with van der Waals surface area (Å²) in [5, 5.41) is 30.7. The van der Waals surface area contributed by atoms with Crippen LogP contribution in [0.4, 0.5) is 43.4 Å². The standard InChI is InChI=1S/C46H49FN10O5.C27H28FN7O2.C16H18N4O4/c47-31-8-4-7-30(25-31)37-10-6-20-55(37)43-17-16-41-50-28-39(57(41)52-43)36-9-5-11-42(51-36)54-23-21-53(22-24-54)29-44(60)49-19-3-1-2-18-48-32-12-14-34-35(26-32)46(62)56(45(34)61)38-15-13-33(58)27-40(38)59;28-20-5-1-4-19(16-20)22-7-3-11-34(22)26-10-9-24-29-17-23(35(24)31-26)21-6-2-8-25(30-21)33-14-12-32(13-15-33)18-27(36)37;17-6-1-7-18-9-2-3-10-11(8-9)16(24)20(15(10)23)12-4-5-13(21)19-14(12)22/h4-5,7-9,11-12,14,16-17,25-26,28,37-38,48H,1-3,6,10,13,15,18-24,27,29H2,(H,49,60);1-2,4-6,8-10,16-17,22H,3,7,11-15,18H2,(H,36,37);2-3,8,12,18H,1,4-7,17H2,(H,19,21,22)/t37-,38?;22-;/m11./s1. The van der Waals surface area contributed by atoms with Gasteiger partial charge in [0.25, 0.3) is 23.6 Å². The topological polar surface area (TPSA) is 377 Å². The molecule has 636 valence electrons. The molecule has 1 saturated carbocycles. The van der Waals surface area contributed by atoms with Crippen molar-refractivity contribution in [3.8, 4) is 22.8 Å². The number of nitrogens with one attached hydrogen (secondary N) is 4. The van der Waals surface area contributed by atoms with E-state index in [1.807, 2.05) is 86.7 Å². The number of hydrogen-bond donors (Lipinski definition) is 6. The molecule has 0 spiro atoms. The molecule has 2 unspecified atom stereocenters. The number of amides is 7. The quantitative estimate of drug-likeness (QED) is 0.0177. The van der Waals surface area contributed by atoms with Gasteiger partial charge in [-0.05, 0) is 191 Å². The number of piperidine rings is 1. The Morgan fingerprint density at radius 3 is 1.47 bits per heavy atom. The number of Topliss-reactive ketones (excluding diaryl/α,β-unsaturated/α-hetero) is 2. The van der Waals surface area contributed by atoms with Crippen molar-refractivity contribution in [1.29, 1.82) is 0 Å². The Labute approximate surface area is 706 Å². The number of benzene rings is 4. The summed E-state index contributed by atoms with van der Waals surface area (Å²) in [6, 6.07) is 41.6. The molecule has 8 aliphatic rings. The third-order valence-corrected chi connectivity index (χ3v) is 23.7. The molecule has 0 radical (unpaired) electrons. The number of unbranched alkanes of at least 4 members (excludes halogenated alkanes) is 2. The number of aromatic nitrogens is 8. The van der Waals surface area contributed by atoms with Gasteiger partial charge < -0.3 is 46.4 Å². The third kappa shape index (κ3) is 18.6. The summed E-state index contributed by atoms with van der Waals surface area (Å²) in [5.41, 5.74) is 14.4. The molecule has 4 atom stereocenters. The number of carboxylic acids is 1. The van der Waals surface area contributed by atoms with Crippen molar-refractivity contribution in [3.63, 3.8) is 0 Å². The average Bonchev–Trinajstić information content (AvgIpc) is 1.63. The summed E-state index contributed by atoms with van der Waals surface area (Å²) in [6.07, 6.45) is 11.2. The predicted molar refractivity (Wildman–Crippen MR) is 454 cm³/mol. The largest absolute Gasteiger partial charge is 0.480 e. The Morgan fingerprint density at radius 1 is 0.480 bits per heavy atom. The summed E-state index contributed by atoms with van der Waals surface area (Å²) in [6.45, 7) is 10.3. The molecule has 6 fully saturated rings. The highest BCUT2D eigenvalue weighted by atomic mass is 19.1. The molecule has 0 bridgehead atoms. The van der Waals surface area contributed by atoms with E-state index in [0.717, 1.165) is 182 Å². The third-order valence-electron chi connectivity index (χ3n) is 23.7. The number of hydrogen-bond acceptors (Lipinski definition) is 25. The van der Waals surface area contributed by atoms with Crippen LogP contribution in [0.15, 0.2) is 158 Å². The highest BCUT2D eigenvalue weighted by molar-refractivity contribution is 6.25. The highest BCUT2D eigenvalue weighted by Crippen LogP contribution is 2.40. The molecule has 1 aliphatic carbocycles. The molecule has 6 aromatic heterocycles. The summed E-state index contributed by atoms with van der Waals surface area (Å²) in [5.74, 6) is -1.45. The van der Waals surface area contributed by atoms with E-state index in [-0.39, 0.29) is 108 Å². The zero-order valence-electron chi connectivity index (χ0n) is 67.8. The molecule has 18 rings (SSSR count). The molecule has 5 saturated heterocycles. The normalized spacial score (nSPS) is 19.3. The zero-order chi connectivity index (χ0) is 85.4. The fourth-order valence-electron chi connectivity index (χ4n) is 17.4. The van der Waals surface area contributed by atoms with Crippen LogP contribution < -0.4 is 46.6 Å². The molecule has 13 heterocycles. The van der Waals surface area contributed by atoms with Crippen LogP contribution in [-0.2, 0) is 28.8 Å². The zero-order valence-corrected chi connectivity index (χ0v) is 67.8. The van der Waals surface area contributed by atoms with Crippen molar-refractivity contribution in [3.05, 3.63) is 203 Å². The van der Waals surface area contributed by atoms with E-state index in [4.69, 9.17) is 31.0 Å². The lowest BCUT2D eigenvalue weighted by molar-refractivity contribution is -0.139. The van der Waals surface area contributed by atoms with Gasteiger partial charge in [-0.3, -0.25) is 72.9 Å². The Bertz CT molecular complexity index is 5710. The molecule has 32 nitrogen and oxygen atoms in total. The fraction of sp³-hybridized carbons (Fsp3) is 0.371. The molecule has 7 amide bonds. The van der Waals surface area contributed by atoms with Gasteiger partial charge in [0, 0.05) is 109 Å². The number of carbonyl (C=O) groups is 10. The first-order valence-corrected chi connectivity index (χ1v) is 42.0. The number of carboxylic acid groups (broad SMARTS) is 1. The van der Waals surface area contributed by atoms with Gasteiger partial charge in [-0.1, -0.05) is 36.4 Å². The van der Waals surface area contributed by atoms with E-state index in [2.05, 4.69) is 55.7 Å². The molecule has 10 aromatic rings. The maximum Gasteiger partial charge on any atom is 0.317 e. The van der Waals surface area contributed by atoms with Crippen molar-refractivity contribution in [2.24, 2.45) is 5.73 Å². The van der Waals surface area contributed by atoms with Gasteiger partial charge in [0.15, 0.2) is 17.1 Å². The molecule has 123 heavy (non-hydrogen) atoms. The van der Waals surface area contributed by atoms with E-state index in [9.17, 15) is 56.7 Å². The SMILES string of the molecule is NCCCNc1ccc2c(c1)C(=O)N(C1CCC(=O)NC1=O)C2=O.O=C(O)CN1CCN(c2cccc(-c3cnc4ccc(N5CCC[C@@H]5c5cccc(F)c5)nn34)n2)CC1.O=C1CCC(N2C(=O)c3ccc(NCCCCCNC(=O)CN4CCN(c5cccc(-c6cnc7ccc(N8CCC[C@@H]8c8cccc(F)c8)nn67)n5)CC4)cc3C2=O)C(=O)C1. The van der Waals surface area contributed by atoms with Gasteiger partial charge in [-0.15, -0.1) is 10.2 Å². The first-order valence-electron chi connectivity index (χ1n) is 42.0. The Kier molecular flexibility index (Phi) is 25.3. The number of rotatable bonds is 25. The van der Waals surface area contributed by atoms with E-state index in [1.165, 1.54) is 12.1 Å². The predicted octanol–water partition coefficient (Wildman–Crippen LogP) is 8.41. The Balaban J connectivity index is 0.000000154. The van der Waals surface area contributed by atoms with Crippen LogP contribution in [0, 0.1) is 11.6 Å². The van der Waals surface area contributed by atoms with Gasteiger partial charge in [0.05, 0.1) is 83.7 Å². The first kappa shape index (κ1) is 83.3. The maximum absolute atomic E-state index is 14.1. The molecule has 7 aliphatic heterocycles. The van der Waals surface area contributed by atoms with Gasteiger partial charge in [0.1, 0.15) is 58.1 Å². The van der Waals surface area contributed by atoms with Crippen LogP contribution >= 0.6 is 0 Å². The molecular weight excluding hydrogens is 1580 g/mol. The lowest BCUT2D eigenvalue weighted by Crippen LogP contribution is -2.54. The summed E-state index contributed by atoms with van der Waals surface area (Å²) >= 11 is 0. The number of halogens is 2. The Morgan fingerprint density at radius 2 is 0.967 bits per heavy atom. The van der Waals surface area contributed by atoms with Crippen LogP contribution in [0.2, 0.25) is 0 Å². The number of ketones is 2. The molecule has 34 heteroatoms. The minimum atomic E-state index is -0.941. The lowest BCUT2D eigenvalue weighted by Gasteiger charge is -2.35. The number of aliphatic carboxylic acids is 1. The number of nitrogens with zero attached hydrogens (tertiary/aromatic N) is 16. The van der Waals surface area contributed by atoms with Crippen molar-refractivity contribution in [1.82, 2.24) is 69.4 Å². The number of nitrogens with two attached hydrogens (primary N) is 1. The number of carbonyl (C=O) groups excluding carboxylic acids is 9. The minimum Gasteiger partial charge on any atom is -0.480 e. The second-order valence-corrected chi connectivity index (χ2v) is 31.8. The second-order valence-electron chi connectivity index (χ2n) is 31.8. The Hall–Kier alpha value is -13.3. The number of imidazole rings is 2. The van der Waals surface area contributed by atoms with E-state index < -0.39 is 47.6 Å². The van der Waals surface area contributed by atoms with Crippen LogP contribution in [0.5, 0.6) is 0 Å². The monoisotopic (exact) mass is 1670 g/mol. The van der Waals surface area contributed by atoms with Gasteiger partial charge in [0.2, 0.25) is 17.7 Å². The van der Waals surface area contributed by atoms with Crippen LogP contribution in [0.25, 0.3) is 34.1 Å². The van der Waals surface area contributed by atoms with E-state index in [0.29, 0.717) is 57.2 Å². The minimum absolute atomic E-state index is 0.000265. The summed E-state index contributed by atoms with van der Waals surface area (Å²) < 4.78 is 31.7. The van der Waals surface area contributed by atoms with Crippen LogP contribution in [0.1, 0.15) is 148 Å². The molecular formula is C89H95F2N21O11. The van der Waals surface area contributed by atoms with E-state index in [1.54, 1.807) is 73.1 Å². The lowest BCUT2D eigenvalue weighted by atomic mass is 9.92.